The van der Waals surface area contributed by atoms with E-state index in [-0.39, 0.29) is 11.6 Å². The molecular formula is C19H23FN2O. The van der Waals surface area contributed by atoms with Gasteiger partial charge in [0.1, 0.15) is 5.82 Å². The first-order valence-corrected chi connectivity index (χ1v) is 8.30. The van der Waals surface area contributed by atoms with Crippen LogP contribution >= 0.6 is 0 Å². The number of methoxy groups -OCH3 is 1. The van der Waals surface area contributed by atoms with Crippen LogP contribution in [0.25, 0.3) is 11.1 Å². The van der Waals surface area contributed by atoms with E-state index in [2.05, 4.69) is 10.3 Å². The molecule has 0 unspecified atom stereocenters. The van der Waals surface area contributed by atoms with Crippen molar-refractivity contribution in [2.45, 2.75) is 32.1 Å². The maximum Gasteiger partial charge on any atom is 0.165 e. The summed E-state index contributed by atoms with van der Waals surface area (Å²) in [7, 11) is 1.47. The van der Waals surface area contributed by atoms with Gasteiger partial charge in [0.05, 0.1) is 7.11 Å². The van der Waals surface area contributed by atoms with Crippen LogP contribution in [0.1, 0.15) is 32.1 Å². The molecule has 1 aliphatic carbocycles. The van der Waals surface area contributed by atoms with Gasteiger partial charge >= 0.3 is 0 Å². The van der Waals surface area contributed by atoms with Gasteiger partial charge in [-0.25, -0.2) is 9.37 Å². The maximum atomic E-state index is 13.9. The molecule has 0 bridgehead atoms. The van der Waals surface area contributed by atoms with E-state index < -0.39 is 0 Å². The first kappa shape index (κ1) is 15.8. The molecule has 3 nitrogen and oxygen atoms in total. The van der Waals surface area contributed by atoms with Crippen molar-refractivity contribution in [1.82, 2.24) is 4.98 Å². The normalized spacial score (nSPS) is 15.4. The van der Waals surface area contributed by atoms with Crippen molar-refractivity contribution in [3.63, 3.8) is 0 Å². The Kier molecular flexibility index (Phi) is 5.11. The van der Waals surface area contributed by atoms with Gasteiger partial charge < -0.3 is 10.1 Å². The number of hydrogen-bond acceptors (Lipinski definition) is 3. The average molecular weight is 314 g/mol. The molecular weight excluding hydrogens is 291 g/mol. The number of ether oxygens (including phenoxy) is 1. The summed E-state index contributed by atoms with van der Waals surface area (Å²) < 4.78 is 18.8. The Morgan fingerprint density at radius 2 is 1.91 bits per heavy atom. The maximum absolute atomic E-state index is 13.9. The third kappa shape index (κ3) is 4.01. The molecule has 3 rings (SSSR count). The number of hydrogen-bond donors (Lipinski definition) is 1. The summed E-state index contributed by atoms with van der Waals surface area (Å²) in [5.41, 5.74) is 1.78. The van der Waals surface area contributed by atoms with E-state index in [9.17, 15) is 4.39 Å². The molecule has 23 heavy (non-hydrogen) atoms. The molecule has 1 saturated carbocycles. The van der Waals surface area contributed by atoms with Crippen molar-refractivity contribution in [2.75, 3.05) is 19.0 Å². The van der Waals surface area contributed by atoms with Crippen LogP contribution in [0.15, 0.2) is 36.5 Å². The van der Waals surface area contributed by atoms with E-state index in [0.717, 1.165) is 29.4 Å². The van der Waals surface area contributed by atoms with Gasteiger partial charge in [0, 0.05) is 12.7 Å². The highest BCUT2D eigenvalue weighted by atomic mass is 19.1. The zero-order valence-corrected chi connectivity index (χ0v) is 13.5. The van der Waals surface area contributed by atoms with Gasteiger partial charge in [-0.05, 0) is 54.2 Å². The highest BCUT2D eigenvalue weighted by molar-refractivity contribution is 5.67. The van der Waals surface area contributed by atoms with Gasteiger partial charge in [-0.15, -0.1) is 0 Å². The predicted octanol–water partition coefficient (Wildman–Crippen LogP) is 4.89. The van der Waals surface area contributed by atoms with Crippen molar-refractivity contribution in [3.05, 3.63) is 42.3 Å². The number of aromatic nitrogens is 1. The first-order chi connectivity index (χ1) is 11.3. The molecule has 1 fully saturated rings. The largest absolute Gasteiger partial charge is 0.494 e. The number of pyridine rings is 1. The minimum atomic E-state index is -0.349. The third-order valence-corrected chi connectivity index (χ3v) is 4.54. The second kappa shape index (κ2) is 7.44. The van der Waals surface area contributed by atoms with Crippen molar-refractivity contribution in [1.29, 1.82) is 0 Å². The topological polar surface area (TPSA) is 34.1 Å². The fourth-order valence-corrected chi connectivity index (χ4v) is 3.19. The van der Waals surface area contributed by atoms with Crippen LogP contribution in [-0.4, -0.2) is 18.6 Å². The lowest BCUT2D eigenvalue weighted by atomic mass is 9.89. The molecule has 2 aromatic rings. The quantitative estimate of drug-likeness (QED) is 0.853. The molecule has 122 valence electrons. The minimum Gasteiger partial charge on any atom is -0.494 e. The van der Waals surface area contributed by atoms with Gasteiger partial charge in [-0.1, -0.05) is 25.3 Å². The Labute approximate surface area is 136 Å². The van der Waals surface area contributed by atoms with Gasteiger partial charge in [0.25, 0.3) is 0 Å². The zero-order chi connectivity index (χ0) is 16.1. The summed E-state index contributed by atoms with van der Waals surface area (Å²) in [5, 5.41) is 3.43. The Hall–Kier alpha value is -2.10. The summed E-state index contributed by atoms with van der Waals surface area (Å²) in [6, 6.07) is 8.89. The predicted molar refractivity (Wildman–Crippen MR) is 91.2 cm³/mol. The molecule has 0 amide bonds. The summed E-state index contributed by atoms with van der Waals surface area (Å²) in [5.74, 6) is 1.51. The summed E-state index contributed by atoms with van der Waals surface area (Å²) in [4.78, 5) is 4.38. The number of nitrogens with zero attached hydrogens (tertiary/aromatic N) is 1. The SMILES string of the molecule is COc1ccc(-c2ccnc(NCC3CCCCC3)c2)cc1F. The van der Waals surface area contributed by atoms with E-state index >= 15 is 0 Å². The van der Waals surface area contributed by atoms with E-state index in [1.807, 2.05) is 18.2 Å². The average Bonchev–Trinajstić information content (AvgIpc) is 2.61. The van der Waals surface area contributed by atoms with E-state index in [1.54, 1.807) is 12.3 Å². The summed E-state index contributed by atoms with van der Waals surface area (Å²) >= 11 is 0. The highest BCUT2D eigenvalue weighted by Crippen LogP contribution is 2.27. The number of halogens is 1. The molecule has 0 aliphatic heterocycles. The molecule has 0 radical (unpaired) electrons. The highest BCUT2D eigenvalue weighted by Gasteiger charge is 2.13. The van der Waals surface area contributed by atoms with Crippen molar-refractivity contribution in [3.8, 4) is 16.9 Å². The minimum absolute atomic E-state index is 0.262. The van der Waals surface area contributed by atoms with Crippen LogP contribution in [0, 0.1) is 11.7 Å². The van der Waals surface area contributed by atoms with Crippen LogP contribution in [-0.2, 0) is 0 Å². The Morgan fingerprint density at radius 3 is 2.65 bits per heavy atom. The second-order valence-corrected chi connectivity index (χ2v) is 6.16. The smallest absolute Gasteiger partial charge is 0.165 e. The monoisotopic (exact) mass is 314 g/mol. The lowest BCUT2D eigenvalue weighted by Crippen LogP contribution is -2.17. The van der Waals surface area contributed by atoms with Gasteiger partial charge in [-0.3, -0.25) is 0 Å². The van der Waals surface area contributed by atoms with Crippen LogP contribution in [0.2, 0.25) is 0 Å². The lowest BCUT2D eigenvalue weighted by Gasteiger charge is -2.22. The van der Waals surface area contributed by atoms with Crippen LogP contribution < -0.4 is 10.1 Å². The van der Waals surface area contributed by atoms with E-state index in [1.165, 1.54) is 45.3 Å². The van der Waals surface area contributed by atoms with Gasteiger partial charge in [0.15, 0.2) is 11.6 Å². The van der Waals surface area contributed by atoms with Crippen molar-refractivity contribution < 1.29 is 9.13 Å². The molecule has 1 N–H and O–H groups in total. The summed E-state index contributed by atoms with van der Waals surface area (Å²) in [6.07, 6.45) is 8.41. The number of nitrogens with one attached hydrogen (secondary N) is 1. The number of anilines is 1. The number of rotatable bonds is 5. The van der Waals surface area contributed by atoms with Crippen molar-refractivity contribution >= 4 is 5.82 Å². The van der Waals surface area contributed by atoms with Crippen molar-refractivity contribution in [2.24, 2.45) is 5.92 Å². The van der Waals surface area contributed by atoms with Crippen LogP contribution in [0.4, 0.5) is 10.2 Å². The van der Waals surface area contributed by atoms with Crippen LogP contribution in [0.3, 0.4) is 0 Å². The molecule has 0 saturated heterocycles. The molecule has 1 aromatic heterocycles. The first-order valence-electron chi connectivity index (χ1n) is 8.30. The molecule has 4 heteroatoms. The van der Waals surface area contributed by atoms with Gasteiger partial charge in [0.2, 0.25) is 0 Å². The fraction of sp³-hybridized carbons (Fsp3) is 0.421. The second-order valence-electron chi connectivity index (χ2n) is 6.16. The summed E-state index contributed by atoms with van der Waals surface area (Å²) in [6.45, 7) is 0.966. The Bertz CT molecular complexity index is 654. The molecule has 1 aliphatic rings. The van der Waals surface area contributed by atoms with Crippen LogP contribution in [0.5, 0.6) is 5.75 Å². The Morgan fingerprint density at radius 1 is 1.13 bits per heavy atom. The molecule has 1 heterocycles. The molecule has 0 atom stereocenters. The Balaban J connectivity index is 1.70. The fourth-order valence-electron chi connectivity index (χ4n) is 3.19. The third-order valence-electron chi connectivity index (χ3n) is 4.54. The van der Waals surface area contributed by atoms with E-state index in [4.69, 9.17) is 4.74 Å². The molecule has 0 spiro atoms. The van der Waals surface area contributed by atoms with E-state index in [0.29, 0.717) is 0 Å². The zero-order valence-electron chi connectivity index (χ0n) is 13.5. The standard InChI is InChI=1S/C19H23FN2O/c1-23-18-8-7-15(11-17(18)20)16-9-10-21-19(12-16)22-13-14-5-3-2-4-6-14/h7-12,14H,2-6,13H2,1H3,(H,21,22). The van der Waals surface area contributed by atoms with Gasteiger partial charge in [-0.2, -0.15) is 0 Å². The molecule has 1 aromatic carbocycles. The number of benzene rings is 1. The lowest BCUT2D eigenvalue weighted by molar-refractivity contribution is 0.373.